The highest BCUT2D eigenvalue weighted by atomic mass is 19.4. The highest BCUT2D eigenvalue weighted by Gasteiger charge is 2.28. The van der Waals surface area contributed by atoms with E-state index < -0.39 is 18.2 Å². The number of amides is 1. The molecule has 1 amide bonds. The number of ether oxygens (including phenoxy) is 1. The standard InChI is InChI=1S/C6H12N2O2.C2HF3O2/c1-2-5-10-6(9)8-4-3-7;3-2(4,5)1(6)7/h2H,1,3-5,7H2,(H,8,9);(H,6,7). The van der Waals surface area contributed by atoms with Crippen molar-refractivity contribution in [1.29, 1.82) is 0 Å². The van der Waals surface area contributed by atoms with Gasteiger partial charge in [-0.1, -0.05) is 12.7 Å². The summed E-state index contributed by atoms with van der Waals surface area (Å²) in [4.78, 5) is 19.3. The Morgan fingerprint density at radius 2 is 1.94 bits per heavy atom. The Morgan fingerprint density at radius 3 is 2.24 bits per heavy atom. The Balaban J connectivity index is 0. The first-order valence-corrected chi connectivity index (χ1v) is 4.34. The third kappa shape index (κ3) is 14.2. The predicted molar refractivity (Wildman–Crippen MR) is 48.4 cm³/mol. The topological polar surface area (TPSA) is 106 Å². The average Bonchev–Trinajstić information content (AvgIpc) is 2.23. The lowest BCUT2D eigenvalue weighted by atomic mass is 10.6. The SMILES string of the molecule is C=CCOC(=O)NCC[NH3+].O=C([O-])C(F)(F)F. The van der Waals surface area contributed by atoms with Crippen LogP contribution < -0.4 is 16.2 Å². The molecular weight excluding hydrogens is 245 g/mol. The van der Waals surface area contributed by atoms with Gasteiger partial charge < -0.3 is 25.7 Å². The van der Waals surface area contributed by atoms with Crippen LogP contribution in [0.4, 0.5) is 18.0 Å². The molecule has 0 heterocycles. The van der Waals surface area contributed by atoms with Crippen molar-refractivity contribution in [3.8, 4) is 0 Å². The minimum Gasteiger partial charge on any atom is -0.542 e. The maximum atomic E-state index is 10.6. The highest BCUT2D eigenvalue weighted by molar-refractivity contribution is 5.70. The van der Waals surface area contributed by atoms with Crippen LogP contribution in [-0.4, -0.2) is 37.9 Å². The lowest BCUT2D eigenvalue weighted by Gasteiger charge is -2.03. The van der Waals surface area contributed by atoms with Crippen molar-refractivity contribution < 1.29 is 38.3 Å². The molecular formula is C8H13F3N2O4. The molecule has 0 aliphatic rings. The summed E-state index contributed by atoms with van der Waals surface area (Å²) < 4.78 is 36.1. The van der Waals surface area contributed by atoms with Crippen LogP contribution >= 0.6 is 0 Å². The van der Waals surface area contributed by atoms with Crippen molar-refractivity contribution >= 4 is 12.1 Å². The molecule has 0 saturated carbocycles. The van der Waals surface area contributed by atoms with Crippen molar-refractivity contribution in [3.05, 3.63) is 12.7 Å². The van der Waals surface area contributed by atoms with Gasteiger partial charge >= 0.3 is 12.3 Å². The fraction of sp³-hybridized carbons (Fsp3) is 0.500. The second-order valence-electron chi connectivity index (χ2n) is 2.45. The van der Waals surface area contributed by atoms with Gasteiger partial charge in [-0.2, -0.15) is 13.2 Å². The molecule has 4 N–H and O–H groups in total. The Morgan fingerprint density at radius 1 is 1.47 bits per heavy atom. The van der Waals surface area contributed by atoms with E-state index in [0.29, 0.717) is 13.1 Å². The number of carboxylic acids is 1. The summed E-state index contributed by atoms with van der Waals surface area (Å²) in [5, 5.41) is 11.3. The van der Waals surface area contributed by atoms with Gasteiger partial charge in [0.1, 0.15) is 12.6 Å². The van der Waals surface area contributed by atoms with Crippen LogP contribution in [0.15, 0.2) is 12.7 Å². The minimum atomic E-state index is -5.19. The third-order valence-corrected chi connectivity index (χ3v) is 1.01. The summed E-state index contributed by atoms with van der Waals surface area (Å²) in [6.07, 6.45) is -4.09. The molecule has 0 aliphatic carbocycles. The first-order valence-electron chi connectivity index (χ1n) is 4.34. The first-order chi connectivity index (χ1) is 7.75. The second-order valence-corrected chi connectivity index (χ2v) is 2.45. The van der Waals surface area contributed by atoms with Crippen molar-refractivity contribution in [2.24, 2.45) is 0 Å². The van der Waals surface area contributed by atoms with E-state index in [2.05, 4.69) is 22.4 Å². The summed E-state index contributed by atoms with van der Waals surface area (Å²) in [5.41, 5.74) is 3.55. The molecule has 9 heteroatoms. The minimum absolute atomic E-state index is 0.253. The fourth-order valence-corrected chi connectivity index (χ4v) is 0.376. The maximum Gasteiger partial charge on any atom is 0.430 e. The predicted octanol–water partition coefficient (Wildman–Crippen LogP) is -1.56. The number of hydrogen-bond acceptors (Lipinski definition) is 4. The van der Waals surface area contributed by atoms with Crippen LogP contribution in [0.2, 0.25) is 0 Å². The smallest absolute Gasteiger partial charge is 0.430 e. The van der Waals surface area contributed by atoms with E-state index >= 15 is 0 Å². The van der Waals surface area contributed by atoms with E-state index in [1.54, 1.807) is 0 Å². The number of alkyl halides is 3. The second kappa shape index (κ2) is 9.46. The Hall–Kier alpha value is -1.77. The number of quaternary nitrogens is 1. The van der Waals surface area contributed by atoms with Crippen molar-refractivity contribution in [3.63, 3.8) is 0 Å². The van der Waals surface area contributed by atoms with Gasteiger partial charge in [-0.3, -0.25) is 0 Å². The van der Waals surface area contributed by atoms with E-state index in [9.17, 15) is 18.0 Å². The zero-order valence-electron chi connectivity index (χ0n) is 8.88. The average molecular weight is 258 g/mol. The number of alkyl carbamates (subject to hydrolysis) is 1. The van der Waals surface area contributed by atoms with Crippen LogP contribution in [0.3, 0.4) is 0 Å². The van der Waals surface area contributed by atoms with Crippen LogP contribution in [0.1, 0.15) is 0 Å². The molecule has 17 heavy (non-hydrogen) atoms. The van der Waals surface area contributed by atoms with E-state index in [-0.39, 0.29) is 6.61 Å². The Bertz CT molecular complexity index is 256. The van der Waals surface area contributed by atoms with E-state index in [4.69, 9.17) is 9.90 Å². The summed E-state index contributed by atoms with van der Waals surface area (Å²) in [5.74, 6) is -3.01. The number of nitrogens with one attached hydrogen (secondary N) is 1. The molecule has 6 nitrogen and oxygen atoms in total. The third-order valence-electron chi connectivity index (χ3n) is 1.01. The molecule has 0 bridgehead atoms. The Kier molecular flexibility index (Phi) is 9.80. The number of aliphatic carboxylic acids is 1. The largest absolute Gasteiger partial charge is 0.542 e. The van der Waals surface area contributed by atoms with Crippen LogP contribution in [-0.2, 0) is 9.53 Å². The number of halogens is 3. The number of hydrogen-bond donors (Lipinski definition) is 2. The summed E-state index contributed by atoms with van der Waals surface area (Å²) in [6.45, 7) is 4.87. The van der Waals surface area contributed by atoms with Gasteiger partial charge in [0.05, 0.1) is 13.1 Å². The molecule has 0 unspecified atom stereocenters. The molecule has 0 rings (SSSR count). The molecule has 0 fully saturated rings. The van der Waals surface area contributed by atoms with Gasteiger partial charge in [0.2, 0.25) is 0 Å². The molecule has 0 radical (unpaired) electrons. The van der Waals surface area contributed by atoms with Crippen molar-refractivity contribution in [2.75, 3.05) is 19.7 Å². The lowest BCUT2D eigenvalue weighted by Crippen LogP contribution is -2.54. The zero-order valence-corrected chi connectivity index (χ0v) is 8.88. The highest BCUT2D eigenvalue weighted by Crippen LogP contribution is 2.11. The van der Waals surface area contributed by atoms with E-state index in [1.807, 2.05) is 0 Å². The molecule has 0 aromatic rings. The molecule has 0 atom stereocenters. The quantitative estimate of drug-likeness (QED) is 0.595. The normalized spacial score (nSPS) is 9.65. The summed E-state index contributed by atoms with van der Waals surface area (Å²) in [6, 6.07) is 0. The molecule has 0 spiro atoms. The summed E-state index contributed by atoms with van der Waals surface area (Å²) >= 11 is 0. The molecule has 0 saturated heterocycles. The lowest BCUT2D eigenvalue weighted by molar-refractivity contribution is -0.364. The zero-order chi connectivity index (χ0) is 13.9. The van der Waals surface area contributed by atoms with E-state index in [1.165, 1.54) is 6.08 Å². The van der Waals surface area contributed by atoms with Gasteiger partial charge in [0, 0.05) is 0 Å². The van der Waals surface area contributed by atoms with Gasteiger partial charge in [0.25, 0.3) is 0 Å². The van der Waals surface area contributed by atoms with Gasteiger partial charge in [0.15, 0.2) is 0 Å². The monoisotopic (exact) mass is 258 g/mol. The number of carbonyl (C=O) groups excluding carboxylic acids is 2. The first kappa shape index (κ1) is 17.6. The van der Waals surface area contributed by atoms with Crippen LogP contribution in [0, 0.1) is 0 Å². The molecule has 0 aromatic carbocycles. The summed E-state index contributed by atoms with van der Waals surface area (Å²) in [7, 11) is 0. The number of rotatable bonds is 4. The van der Waals surface area contributed by atoms with Crippen LogP contribution in [0.5, 0.6) is 0 Å². The van der Waals surface area contributed by atoms with Gasteiger partial charge in [-0.15, -0.1) is 0 Å². The number of carbonyl (C=O) groups is 2. The van der Waals surface area contributed by atoms with Crippen molar-refractivity contribution in [2.45, 2.75) is 6.18 Å². The molecule has 0 aromatic heterocycles. The Labute approximate surface area is 95.2 Å². The molecule has 0 aliphatic heterocycles. The fourth-order valence-electron chi connectivity index (χ4n) is 0.376. The van der Waals surface area contributed by atoms with Gasteiger partial charge in [-0.25, -0.2) is 4.79 Å². The maximum absolute atomic E-state index is 10.6. The van der Waals surface area contributed by atoms with Crippen molar-refractivity contribution in [1.82, 2.24) is 5.32 Å². The van der Waals surface area contributed by atoms with Gasteiger partial charge in [-0.05, 0) is 0 Å². The number of carboxylic acid groups (broad SMARTS) is 1. The van der Waals surface area contributed by atoms with E-state index in [0.717, 1.165) is 0 Å². The molecule has 100 valence electrons. The van der Waals surface area contributed by atoms with Crippen LogP contribution in [0.25, 0.3) is 0 Å².